The average molecular weight is 713 g/mol. The Bertz CT molecular complexity index is 1900. The molecule has 15 heteroatoms. The van der Waals surface area contributed by atoms with Crippen molar-refractivity contribution in [1.29, 1.82) is 0 Å². The molecule has 3 aromatic rings. The number of amides is 4. The molecule has 2 aliphatic heterocycles. The molecule has 1 atom stereocenters. The van der Waals surface area contributed by atoms with Crippen LogP contribution in [0.4, 0.5) is 19.7 Å². The van der Waals surface area contributed by atoms with Gasteiger partial charge in [-0.05, 0) is 82.7 Å². The monoisotopic (exact) mass is 712 g/mol. The summed E-state index contributed by atoms with van der Waals surface area (Å²) in [6.07, 6.45) is 2.52. The third kappa shape index (κ3) is 7.96. The van der Waals surface area contributed by atoms with Gasteiger partial charge in [0.05, 0.1) is 17.7 Å². The molecule has 50 heavy (non-hydrogen) atoms. The van der Waals surface area contributed by atoms with E-state index in [9.17, 15) is 28.4 Å². The Morgan fingerprint density at radius 3 is 2.50 bits per heavy atom. The van der Waals surface area contributed by atoms with E-state index in [-0.39, 0.29) is 53.5 Å². The van der Waals surface area contributed by atoms with Gasteiger partial charge in [0.15, 0.2) is 0 Å². The quantitative estimate of drug-likeness (QED) is 0.306. The molecule has 268 valence electrons. The molecular formula is C35H42ClFN6O7. The zero-order valence-electron chi connectivity index (χ0n) is 28.5. The Kier molecular flexibility index (Phi) is 10.9. The summed E-state index contributed by atoms with van der Waals surface area (Å²) in [7, 11) is 1.60. The number of aromatic nitrogens is 2. The molecule has 13 nitrogen and oxygen atoms in total. The second kappa shape index (κ2) is 15.0. The zero-order chi connectivity index (χ0) is 36.3. The summed E-state index contributed by atoms with van der Waals surface area (Å²) < 4.78 is 27.2. The number of fused-ring (bicyclic) bond motifs is 1. The number of nitrogens with zero attached hydrogens (tertiary/aromatic N) is 4. The number of nitrogens with one attached hydrogen (secondary N) is 1. The number of piperidine rings is 1. The summed E-state index contributed by atoms with van der Waals surface area (Å²) in [5.74, 6) is -0.380. The highest BCUT2D eigenvalue weighted by atomic mass is 35.5. The topological polar surface area (TPSA) is 158 Å². The lowest BCUT2D eigenvalue weighted by Gasteiger charge is -2.38. The van der Waals surface area contributed by atoms with Crippen LogP contribution in [-0.4, -0.2) is 75.4 Å². The maximum absolute atomic E-state index is 14.5. The van der Waals surface area contributed by atoms with E-state index in [4.69, 9.17) is 26.8 Å². The largest absolute Gasteiger partial charge is 0.497 e. The minimum Gasteiger partial charge on any atom is -0.497 e. The number of ether oxygens (including phenoxy) is 2. The van der Waals surface area contributed by atoms with Gasteiger partial charge in [-0.1, -0.05) is 23.7 Å². The number of hydrogen-bond donors (Lipinski definition) is 2. The summed E-state index contributed by atoms with van der Waals surface area (Å²) >= 11 is 6.27. The van der Waals surface area contributed by atoms with Crippen molar-refractivity contribution in [3.63, 3.8) is 0 Å². The van der Waals surface area contributed by atoms with Crippen molar-refractivity contribution < 1.29 is 28.2 Å². The van der Waals surface area contributed by atoms with E-state index in [1.165, 1.54) is 18.3 Å². The molecule has 0 saturated carbocycles. The number of likely N-dealkylation sites (tertiary alicyclic amines) is 1. The van der Waals surface area contributed by atoms with Crippen LogP contribution in [0.25, 0.3) is 11.1 Å². The van der Waals surface area contributed by atoms with Gasteiger partial charge in [-0.3, -0.25) is 18.7 Å². The number of benzene rings is 2. The number of carbonyl (C=O) groups excluding carboxylic acids is 3. The lowest BCUT2D eigenvalue weighted by Crippen LogP contribution is -2.51. The molecule has 0 aliphatic carbocycles. The Hall–Kier alpha value is -4.85. The molecule has 3 heterocycles. The number of halogens is 2. The second-order valence-corrected chi connectivity index (χ2v) is 13.7. The standard InChI is InChI=1S/C35H42ClFN6O7/c1-21(10-14-35(2,3)50-32(38)46)43-31(45)26(25-6-5-7-27(37)30(25)36)19-41(34(43)48)20-29(44)40-15-12-23(13-16-40)42-17-11-22-18-24(49-4)8-9-28(22)39-33(42)47/h5-9,18-19,21,23H,10-17,20H2,1-4H3,(H2,38,46)(H,39,47). The van der Waals surface area contributed by atoms with Gasteiger partial charge >= 0.3 is 17.8 Å². The summed E-state index contributed by atoms with van der Waals surface area (Å²) in [5.41, 5.74) is 4.54. The first kappa shape index (κ1) is 36.4. The third-order valence-corrected chi connectivity index (χ3v) is 9.79. The number of nitrogens with two attached hydrogens (primary N) is 1. The van der Waals surface area contributed by atoms with Gasteiger partial charge in [0.25, 0.3) is 5.56 Å². The molecule has 0 bridgehead atoms. The maximum atomic E-state index is 14.5. The van der Waals surface area contributed by atoms with Gasteiger partial charge < -0.3 is 30.3 Å². The molecule has 2 aliphatic rings. The van der Waals surface area contributed by atoms with Crippen LogP contribution in [0.5, 0.6) is 5.75 Å². The fourth-order valence-corrected chi connectivity index (χ4v) is 6.83. The van der Waals surface area contributed by atoms with Crippen molar-refractivity contribution in [3.8, 4) is 16.9 Å². The molecular weight excluding hydrogens is 671 g/mol. The van der Waals surface area contributed by atoms with E-state index in [0.717, 1.165) is 26.5 Å². The van der Waals surface area contributed by atoms with Crippen LogP contribution in [-0.2, 0) is 22.5 Å². The van der Waals surface area contributed by atoms with Crippen LogP contribution in [0.3, 0.4) is 0 Å². The summed E-state index contributed by atoms with van der Waals surface area (Å²) in [5, 5.41) is 2.70. The van der Waals surface area contributed by atoms with E-state index in [1.54, 1.807) is 43.7 Å². The van der Waals surface area contributed by atoms with Gasteiger partial charge in [-0.15, -0.1) is 0 Å². The van der Waals surface area contributed by atoms with Crippen LogP contribution in [0, 0.1) is 5.82 Å². The zero-order valence-corrected chi connectivity index (χ0v) is 29.3. The fraction of sp³-hybridized carbons (Fsp3) is 0.457. The predicted octanol–water partition coefficient (Wildman–Crippen LogP) is 4.77. The van der Waals surface area contributed by atoms with Crippen LogP contribution in [0.15, 0.2) is 52.2 Å². The van der Waals surface area contributed by atoms with E-state index in [1.807, 2.05) is 12.1 Å². The van der Waals surface area contributed by atoms with E-state index in [0.29, 0.717) is 44.6 Å². The number of carbonyl (C=O) groups is 3. The minimum absolute atomic E-state index is 0.0501. The normalized spacial score (nSPS) is 15.9. The van der Waals surface area contributed by atoms with Crippen molar-refractivity contribution >= 4 is 35.3 Å². The van der Waals surface area contributed by atoms with E-state index < -0.39 is 34.8 Å². The fourth-order valence-electron chi connectivity index (χ4n) is 6.61. The summed E-state index contributed by atoms with van der Waals surface area (Å²) in [4.78, 5) is 69.2. The smallest absolute Gasteiger partial charge is 0.405 e. The van der Waals surface area contributed by atoms with E-state index >= 15 is 0 Å². The SMILES string of the molecule is COc1ccc2c(c1)CCN(C1CCN(C(=O)Cn3cc(-c4cccc(F)c4Cl)c(=O)n(C(C)CCC(C)(C)OC(N)=O)c3=O)CC1)C(=O)N2. The van der Waals surface area contributed by atoms with Crippen molar-refractivity contribution in [2.45, 2.75) is 77.1 Å². The molecule has 1 saturated heterocycles. The number of anilines is 1. The highest BCUT2D eigenvalue weighted by Gasteiger charge is 2.32. The van der Waals surface area contributed by atoms with Crippen LogP contribution in [0.2, 0.25) is 5.02 Å². The molecule has 3 N–H and O–H groups in total. The minimum atomic E-state index is -0.972. The lowest BCUT2D eigenvalue weighted by molar-refractivity contribution is -0.133. The molecule has 1 aromatic heterocycles. The van der Waals surface area contributed by atoms with Crippen molar-refractivity contribution in [2.24, 2.45) is 5.73 Å². The Morgan fingerprint density at radius 2 is 1.82 bits per heavy atom. The first-order valence-electron chi connectivity index (χ1n) is 16.5. The Balaban J connectivity index is 1.34. The number of methoxy groups -OCH3 is 1. The number of primary amides is 1. The van der Waals surface area contributed by atoms with Crippen LogP contribution in [0.1, 0.15) is 58.1 Å². The van der Waals surface area contributed by atoms with Crippen LogP contribution < -0.4 is 27.0 Å². The first-order valence-corrected chi connectivity index (χ1v) is 16.9. The highest BCUT2D eigenvalue weighted by Crippen LogP contribution is 2.30. The molecule has 2 aromatic carbocycles. The number of urea groups is 1. The molecule has 5 rings (SSSR count). The van der Waals surface area contributed by atoms with E-state index in [2.05, 4.69) is 5.32 Å². The Labute approximate surface area is 293 Å². The van der Waals surface area contributed by atoms with Gasteiger partial charge in [0.2, 0.25) is 5.91 Å². The maximum Gasteiger partial charge on any atom is 0.405 e. The molecule has 1 fully saturated rings. The van der Waals surface area contributed by atoms with Crippen LogP contribution >= 0.6 is 11.6 Å². The lowest BCUT2D eigenvalue weighted by atomic mass is 9.99. The van der Waals surface area contributed by atoms with Gasteiger partial charge in [0, 0.05) is 49.2 Å². The van der Waals surface area contributed by atoms with Crippen molar-refractivity contribution in [3.05, 3.63) is 79.8 Å². The van der Waals surface area contributed by atoms with Gasteiger partial charge in [0.1, 0.15) is 23.7 Å². The predicted molar refractivity (Wildman–Crippen MR) is 186 cm³/mol. The third-order valence-electron chi connectivity index (χ3n) is 9.41. The van der Waals surface area contributed by atoms with Gasteiger partial charge in [-0.2, -0.15) is 0 Å². The van der Waals surface area contributed by atoms with Crippen molar-refractivity contribution in [1.82, 2.24) is 18.9 Å². The van der Waals surface area contributed by atoms with Gasteiger partial charge in [-0.25, -0.2) is 18.8 Å². The first-order chi connectivity index (χ1) is 23.7. The Morgan fingerprint density at radius 1 is 1.10 bits per heavy atom. The molecule has 4 amide bonds. The summed E-state index contributed by atoms with van der Waals surface area (Å²) in [6.45, 7) is 5.82. The second-order valence-electron chi connectivity index (χ2n) is 13.3. The number of rotatable bonds is 10. The summed E-state index contributed by atoms with van der Waals surface area (Å²) in [6, 6.07) is 8.57. The molecule has 0 spiro atoms. The molecule has 0 radical (unpaired) electrons. The highest BCUT2D eigenvalue weighted by molar-refractivity contribution is 6.33. The molecule has 1 unspecified atom stereocenters. The number of hydrogen-bond acceptors (Lipinski definition) is 7. The average Bonchev–Trinajstić information content (AvgIpc) is 3.23. The van der Waals surface area contributed by atoms with Crippen molar-refractivity contribution in [2.75, 3.05) is 32.1 Å².